The standard InChI is InChI=1S/C20H25NO3/c1-4-5-12-24-14-17-13-16(8-11-19(17)23-3)20(22)21-18-9-6-15(2)7-10-18/h6-11,13H,4-5,12,14H2,1-3H3,(H,21,22). The Bertz CT molecular complexity index is 665. The molecule has 2 aromatic rings. The maximum Gasteiger partial charge on any atom is 0.255 e. The third kappa shape index (κ3) is 5.10. The molecule has 0 saturated heterocycles. The lowest BCUT2D eigenvalue weighted by Crippen LogP contribution is -2.12. The first-order valence-electron chi connectivity index (χ1n) is 8.26. The van der Waals surface area contributed by atoms with Gasteiger partial charge in [-0.1, -0.05) is 31.0 Å². The predicted molar refractivity (Wildman–Crippen MR) is 96.7 cm³/mol. The molecule has 0 aliphatic carbocycles. The second kappa shape index (κ2) is 9.08. The molecule has 128 valence electrons. The quantitative estimate of drug-likeness (QED) is 0.722. The largest absolute Gasteiger partial charge is 0.496 e. The first-order chi connectivity index (χ1) is 11.6. The summed E-state index contributed by atoms with van der Waals surface area (Å²) < 4.78 is 11.0. The van der Waals surface area contributed by atoms with Gasteiger partial charge < -0.3 is 14.8 Å². The van der Waals surface area contributed by atoms with Crippen LogP contribution in [0, 0.1) is 6.92 Å². The van der Waals surface area contributed by atoms with E-state index in [1.165, 1.54) is 0 Å². The Labute approximate surface area is 143 Å². The number of hydrogen-bond donors (Lipinski definition) is 1. The summed E-state index contributed by atoms with van der Waals surface area (Å²) in [6.45, 7) is 5.29. The van der Waals surface area contributed by atoms with Crippen LogP contribution in [0.15, 0.2) is 42.5 Å². The van der Waals surface area contributed by atoms with Gasteiger partial charge >= 0.3 is 0 Å². The average Bonchev–Trinajstić information content (AvgIpc) is 2.60. The molecule has 0 atom stereocenters. The van der Waals surface area contributed by atoms with E-state index in [1.807, 2.05) is 43.3 Å². The van der Waals surface area contributed by atoms with Crippen molar-refractivity contribution in [3.63, 3.8) is 0 Å². The molecule has 0 aliphatic heterocycles. The third-order valence-electron chi connectivity index (χ3n) is 3.75. The molecular weight excluding hydrogens is 302 g/mol. The van der Waals surface area contributed by atoms with E-state index >= 15 is 0 Å². The predicted octanol–water partition coefficient (Wildman–Crippen LogP) is 4.57. The number of benzene rings is 2. The van der Waals surface area contributed by atoms with Crippen molar-refractivity contribution in [2.24, 2.45) is 0 Å². The highest BCUT2D eigenvalue weighted by molar-refractivity contribution is 6.04. The van der Waals surface area contributed by atoms with E-state index in [-0.39, 0.29) is 5.91 Å². The maximum absolute atomic E-state index is 12.4. The van der Waals surface area contributed by atoms with Crippen LogP contribution in [0.3, 0.4) is 0 Å². The van der Waals surface area contributed by atoms with Crippen LogP contribution in [-0.2, 0) is 11.3 Å². The van der Waals surface area contributed by atoms with Crippen LogP contribution >= 0.6 is 0 Å². The van der Waals surface area contributed by atoms with Crippen molar-refractivity contribution in [3.8, 4) is 5.75 Å². The fourth-order valence-corrected chi connectivity index (χ4v) is 2.30. The summed E-state index contributed by atoms with van der Waals surface area (Å²) in [5.41, 5.74) is 3.40. The number of aryl methyl sites for hydroxylation is 1. The van der Waals surface area contributed by atoms with Crippen molar-refractivity contribution in [2.45, 2.75) is 33.3 Å². The van der Waals surface area contributed by atoms with Crippen molar-refractivity contribution in [2.75, 3.05) is 19.0 Å². The first-order valence-corrected chi connectivity index (χ1v) is 8.26. The number of carbonyl (C=O) groups is 1. The Morgan fingerprint density at radius 2 is 1.88 bits per heavy atom. The molecule has 0 radical (unpaired) electrons. The fourth-order valence-electron chi connectivity index (χ4n) is 2.30. The van der Waals surface area contributed by atoms with Gasteiger partial charge in [0.05, 0.1) is 13.7 Å². The Morgan fingerprint density at radius 3 is 2.54 bits per heavy atom. The Morgan fingerprint density at radius 1 is 1.12 bits per heavy atom. The summed E-state index contributed by atoms with van der Waals surface area (Å²) in [5.74, 6) is 0.592. The number of rotatable bonds is 8. The van der Waals surface area contributed by atoms with Crippen LogP contribution in [0.2, 0.25) is 0 Å². The van der Waals surface area contributed by atoms with E-state index in [0.717, 1.165) is 35.4 Å². The summed E-state index contributed by atoms with van der Waals surface area (Å²) in [6, 6.07) is 13.1. The number of anilines is 1. The molecular formula is C20H25NO3. The molecule has 2 aromatic carbocycles. The summed E-state index contributed by atoms with van der Waals surface area (Å²) in [4.78, 5) is 12.4. The van der Waals surface area contributed by atoms with Gasteiger partial charge in [0.15, 0.2) is 0 Å². The Kier molecular flexibility index (Phi) is 6.82. The minimum absolute atomic E-state index is 0.142. The normalized spacial score (nSPS) is 10.5. The van der Waals surface area contributed by atoms with Crippen molar-refractivity contribution in [1.29, 1.82) is 0 Å². The number of nitrogens with one attached hydrogen (secondary N) is 1. The van der Waals surface area contributed by atoms with Gasteiger partial charge in [-0.3, -0.25) is 4.79 Å². The van der Waals surface area contributed by atoms with Gasteiger partial charge in [-0.2, -0.15) is 0 Å². The van der Waals surface area contributed by atoms with Crippen molar-refractivity contribution < 1.29 is 14.3 Å². The molecule has 0 fully saturated rings. The van der Waals surface area contributed by atoms with Crippen LogP contribution < -0.4 is 10.1 Å². The topological polar surface area (TPSA) is 47.6 Å². The minimum atomic E-state index is -0.142. The zero-order valence-electron chi connectivity index (χ0n) is 14.6. The average molecular weight is 327 g/mol. The van der Waals surface area contributed by atoms with E-state index in [1.54, 1.807) is 13.2 Å². The number of unbranched alkanes of at least 4 members (excludes halogenated alkanes) is 1. The van der Waals surface area contributed by atoms with E-state index in [2.05, 4.69) is 12.2 Å². The van der Waals surface area contributed by atoms with Crippen LogP contribution in [0.1, 0.15) is 41.3 Å². The second-order valence-corrected chi connectivity index (χ2v) is 5.75. The Balaban J connectivity index is 2.08. The molecule has 0 bridgehead atoms. The number of ether oxygens (including phenoxy) is 2. The molecule has 0 aliphatic rings. The van der Waals surface area contributed by atoms with Crippen LogP contribution in [0.25, 0.3) is 0 Å². The lowest BCUT2D eigenvalue weighted by atomic mass is 10.1. The molecule has 2 rings (SSSR count). The zero-order chi connectivity index (χ0) is 17.4. The van der Waals surface area contributed by atoms with E-state index < -0.39 is 0 Å². The molecule has 0 unspecified atom stereocenters. The van der Waals surface area contributed by atoms with Gasteiger partial charge in [0.2, 0.25) is 0 Å². The van der Waals surface area contributed by atoms with Gasteiger partial charge in [-0.15, -0.1) is 0 Å². The Hall–Kier alpha value is -2.33. The highest BCUT2D eigenvalue weighted by Gasteiger charge is 2.11. The lowest BCUT2D eigenvalue weighted by Gasteiger charge is -2.12. The SMILES string of the molecule is CCCCOCc1cc(C(=O)Nc2ccc(C)cc2)ccc1OC. The molecule has 0 saturated carbocycles. The smallest absolute Gasteiger partial charge is 0.255 e. The highest BCUT2D eigenvalue weighted by Crippen LogP contribution is 2.22. The fraction of sp³-hybridized carbons (Fsp3) is 0.350. The molecule has 0 spiro atoms. The van der Waals surface area contributed by atoms with E-state index in [0.29, 0.717) is 18.8 Å². The summed E-state index contributed by atoms with van der Waals surface area (Å²) in [5, 5.41) is 2.91. The minimum Gasteiger partial charge on any atom is -0.496 e. The number of methoxy groups -OCH3 is 1. The van der Waals surface area contributed by atoms with Crippen molar-refractivity contribution in [1.82, 2.24) is 0 Å². The van der Waals surface area contributed by atoms with Crippen LogP contribution in [-0.4, -0.2) is 19.6 Å². The van der Waals surface area contributed by atoms with Gasteiger partial charge in [0.25, 0.3) is 5.91 Å². The van der Waals surface area contributed by atoms with E-state index in [4.69, 9.17) is 9.47 Å². The summed E-state index contributed by atoms with van der Waals surface area (Å²) in [6.07, 6.45) is 2.12. The molecule has 0 aromatic heterocycles. The number of amides is 1. The molecule has 1 N–H and O–H groups in total. The van der Waals surface area contributed by atoms with Gasteiger partial charge in [0.1, 0.15) is 5.75 Å². The maximum atomic E-state index is 12.4. The summed E-state index contributed by atoms with van der Waals surface area (Å²) >= 11 is 0. The highest BCUT2D eigenvalue weighted by atomic mass is 16.5. The van der Waals surface area contributed by atoms with Gasteiger partial charge in [-0.25, -0.2) is 0 Å². The second-order valence-electron chi connectivity index (χ2n) is 5.75. The molecule has 4 heteroatoms. The zero-order valence-corrected chi connectivity index (χ0v) is 14.6. The van der Waals surface area contributed by atoms with E-state index in [9.17, 15) is 4.79 Å². The molecule has 0 heterocycles. The van der Waals surface area contributed by atoms with Crippen LogP contribution in [0.4, 0.5) is 5.69 Å². The molecule has 24 heavy (non-hydrogen) atoms. The number of hydrogen-bond acceptors (Lipinski definition) is 3. The monoisotopic (exact) mass is 327 g/mol. The third-order valence-corrected chi connectivity index (χ3v) is 3.75. The van der Waals surface area contributed by atoms with Crippen molar-refractivity contribution >= 4 is 11.6 Å². The van der Waals surface area contributed by atoms with Crippen molar-refractivity contribution in [3.05, 3.63) is 59.2 Å². The first kappa shape index (κ1) is 18.0. The van der Waals surface area contributed by atoms with Gasteiger partial charge in [-0.05, 0) is 43.7 Å². The molecule has 4 nitrogen and oxygen atoms in total. The van der Waals surface area contributed by atoms with Crippen LogP contribution in [0.5, 0.6) is 5.75 Å². The summed E-state index contributed by atoms with van der Waals surface area (Å²) in [7, 11) is 1.62. The number of carbonyl (C=O) groups excluding carboxylic acids is 1. The van der Waals surface area contributed by atoms with Gasteiger partial charge in [0, 0.05) is 23.4 Å². The molecule has 1 amide bonds. The lowest BCUT2D eigenvalue weighted by molar-refractivity contribution is 0.102.